The standard InChI is InChI=1S/C24H44N2S2/c1-3-5-7-8-9-10-11-12-13-14-17-24(21-26-19-18-25-22-26)27-20-16-23(28-24)15-6-4-2/h18-19,22-23H,3-17,20-21H2,1-2H3. The van der Waals surface area contributed by atoms with Crippen molar-refractivity contribution in [1.82, 2.24) is 9.55 Å². The fourth-order valence-electron chi connectivity index (χ4n) is 4.24. The largest absolute Gasteiger partial charge is 0.335 e. The molecule has 0 aliphatic carbocycles. The summed E-state index contributed by atoms with van der Waals surface area (Å²) in [6, 6.07) is 0. The number of rotatable bonds is 16. The quantitative estimate of drug-likeness (QED) is 0.248. The Balaban J connectivity index is 1.71. The average Bonchev–Trinajstić information content (AvgIpc) is 3.21. The minimum absolute atomic E-state index is 0.373. The molecule has 162 valence electrons. The monoisotopic (exact) mass is 424 g/mol. The maximum absolute atomic E-state index is 4.29. The Morgan fingerprint density at radius 1 is 0.929 bits per heavy atom. The van der Waals surface area contributed by atoms with Crippen molar-refractivity contribution in [3.8, 4) is 0 Å². The Hall–Kier alpha value is -0.0900. The first-order valence-corrected chi connectivity index (χ1v) is 13.9. The third-order valence-corrected chi connectivity index (χ3v) is 9.47. The summed E-state index contributed by atoms with van der Waals surface area (Å²) in [6.45, 7) is 5.75. The van der Waals surface area contributed by atoms with Crippen LogP contribution in [0.25, 0.3) is 0 Å². The molecule has 1 saturated heterocycles. The summed E-state index contributed by atoms with van der Waals surface area (Å²) >= 11 is 4.55. The van der Waals surface area contributed by atoms with Gasteiger partial charge in [-0.1, -0.05) is 90.9 Å². The van der Waals surface area contributed by atoms with Crippen molar-refractivity contribution in [2.75, 3.05) is 5.75 Å². The third kappa shape index (κ3) is 9.61. The molecule has 0 bridgehead atoms. The summed E-state index contributed by atoms with van der Waals surface area (Å²) in [5.74, 6) is 1.34. The van der Waals surface area contributed by atoms with Gasteiger partial charge in [0.25, 0.3) is 0 Å². The van der Waals surface area contributed by atoms with E-state index in [-0.39, 0.29) is 0 Å². The van der Waals surface area contributed by atoms with Gasteiger partial charge in [0.1, 0.15) is 0 Å². The fraction of sp³-hybridized carbons (Fsp3) is 0.875. The van der Waals surface area contributed by atoms with Crippen LogP contribution >= 0.6 is 23.5 Å². The predicted molar refractivity (Wildman–Crippen MR) is 129 cm³/mol. The summed E-state index contributed by atoms with van der Waals surface area (Å²) < 4.78 is 2.69. The lowest BCUT2D eigenvalue weighted by atomic mass is 10.0. The highest BCUT2D eigenvalue weighted by atomic mass is 32.2. The van der Waals surface area contributed by atoms with Gasteiger partial charge in [-0.05, 0) is 25.0 Å². The lowest BCUT2D eigenvalue weighted by molar-refractivity contribution is 0.515. The highest BCUT2D eigenvalue weighted by Gasteiger charge is 2.37. The zero-order chi connectivity index (χ0) is 19.9. The van der Waals surface area contributed by atoms with Gasteiger partial charge < -0.3 is 4.57 Å². The topological polar surface area (TPSA) is 17.8 Å². The Bertz CT molecular complexity index is 477. The Morgan fingerprint density at radius 3 is 2.25 bits per heavy atom. The minimum atomic E-state index is 0.373. The van der Waals surface area contributed by atoms with E-state index in [9.17, 15) is 0 Å². The van der Waals surface area contributed by atoms with Crippen LogP contribution in [-0.4, -0.2) is 24.6 Å². The van der Waals surface area contributed by atoms with E-state index in [0.29, 0.717) is 4.08 Å². The lowest BCUT2D eigenvalue weighted by Crippen LogP contribution is -2.33. The molecule has 0 saturated carbocycles. The van der Waals surface area contributed by atoms with Crippen molar-refractivity contribution in [3.05, 3.63) is 18.7 Å². The van der Waals surface area contributed by atoms with Gasteiger partial charge in [0.15, 0.2) is 0 Å². The number of nitrogens with zero attached hydrogens (tertiary/aromatic N) is 2. The molecule has 2 nitrogen and oxygen atoms in total. The van der Waals surface area contributed by atoms with Crippen LogP contribution < -0.4 is 0 Å². The molecule has 0 N–H and O–H groups in total. The van der Waals surface area contributed by atoms with Crippen molar-refractivity contribution < 1.29 is 0 Å². The molecule has 2 unspecified atom stereocenters. The van der Waals surface area contributed by atoms with Crippen LogP contribution in [0.5, 0.6) is 0 Å². The summed E-state index contributed by atoms with van der Waals surface area (Å²) in [5.41, 5.74) is 0. The van der Waals surface area contributed by atoms with Gasteiger partial charge in [0.2, 0.25) is 0 Å². The van der Waals surface area contributed by atoms with Gasteiger partial charge in [0.05, 0.1) is 10.4 Å². The molecule has 1 fully saturated rings. The van der Waals surface area contributed by atoms with E-state index in [1.165, 1.54) is 102 Å². The summed E-state index contributed by atoms with van der Waals surface area (Å²) in [7, 11) is 0. The molecular weight excluding hydrogens is 380 g/mol. The van der Waals surface area contributed by atoms with Crippen LogP contribution in [0.15, 0.2) is 18.7 Å². The van der Waals surface area contributed by atoms with Crippen LogP contribution in [0.1, 0.15) is 110 Å². The molecular formula is C24H44N2S2. The summed E-state index contributed by atoms with van der Waals surface area (Å²) in [6.07, 6.45) is 27.3. The minimum Gasteiger partial charge on any atom is -0.335 e. The van der Waals surface area contributed by atoms with E-state index in [2.05, 4.69) is 53.1 Å². The lowest BCUT2D eigenvalue weighted by Gasteiger charge is -2.40. The summed E-state index contributed by atoms with van der Waals surface area (Å²) in [5, 5.41) is 0.868. The number of hydrogen-bond acceptors (Lipinski definition) is 3. The van der Waals surface area contributed by atoms with E-state index < -0.39 is 0 Å². The normalized spacial score (nSPS) is 22.6. The molecule has 2 rings (SSSR count). The maximum atomic E-state index is 4.29. The van der Waals surface area contributed by atoms with Gasteiger partial charge >= 0.3 is 0 Å². The molecule has 0 aromatic carbocycles. The highest BCUT2D eigenvalue weighted by molar-refractivity contribution is 8.19. The maximum Gasteiger partial charge on any atom is 0.0946 e. The number of unbranched alkanes of at least 4 members (excludes halogenated alkanes) is 10. The first-order chi connectivity index (χ1) is 13.8. The second kappa shape index (κ2) is 14.8. The molecule has 0 amide bonds. The number of imidazole rings is 1. The molecule has 1 aliphatic rings. The van der Waals surface area contributed by atoms with Gasteiger partial charge in [-0.3, -0.25) is 0 Å². The number of aromatic nitrogens is 2. The molecule has 1 aromatic heterocycles. The van der Waals surface area contributed by atoms with Gasteiger partial charge in [-0.2, -0.15) is 0 Å². The van der Waals surface area contributed by atoms with Crippen LogP contribution in [0, 0.1) is 0 Å². The van der Waals surface area contributed by atoms with Crippen LogP contribution in [-0.2, 0) is 6.54 Å². The Labute approximate surface area is 183 Å². The summed E-state index contributed by atoms with van der Waals surface area (Å²) in [4.78, 5) is 4.29. The van der Waals surface area contributed by atoms with E-state index in [0.717, 1.165) is 11.8 Å². The first-order valence-electron chi connectivity index (χ1n) is 12.1. The Morgan fingerprint density at radius 2 is 1.61 bits per heavy atom. The van der Waals surface area contributed by atoms with E-state index in [4.69, 9.17) is 0 Å². The third-order valence-electron chi connectivity index (χ3n) is 5.96. The Kier molecular flexibility index (Phi) is 12.8. The second-order valence-electron chi connectivity index (χ2n) is 8.60. The zero-order valence-electron chi connectivity index (χ0n) is 18.5. The molecule has 1 aromatic rings. The van der Waals surface area contributed by atoms with Crippen molar-refractivity contribution in [3.63, 3.8) is 0 Å². The van der Waals surface area contributed by atoms with Crippen molar-refractivity contribution in [2.24, 2.45) is 0 Å². The van der Waals surface area contributed by atoms with Crippen molar-refractivity contribution in [1.29, 1.82) is 0 Å². The molecule has 1 aliphatic heterocycles. The average molecular weight is 425 g/mol. The van der Waals surface area contributed by atoms with Crippen molar-refractivity contribution in [2.45, 2.75) is 126 Å². The number of thioether (sulfide) groups is 2. The SMILES string of the molecule is CCCCCCCCCCCCC1(Cn2ccnc2)SCCC(CCCC)S1. The first kappa shape index (κ1) is 24.2. The molecule has 0 radical (unpaired) electrons. The van der Waals surface area contributed by atoms with E-state index >= 15 is 0 Å². The van der Waals surface area contributed by atoms with Crippen LogP contribution in [0.4, 0.5) is 0 Å². The van der Waals surface area contributed by atoms with Crippen LogP contribution in [0.3, 0.4) is 0 Å². The van der Waals surface area contributed by atoms with Gasteiger partial charge in [-0.25, -0.2) is 4.98 Å². The molecule has 28 heavy (non-hydrogen) atoms. The smallest absolute Gasteiger partial charge is 0.0946 e. The molecule has 4 heteroatoms. The fourth-order valence-corrected chi connectivity index (χ4v) is 8.24. The predicted octanol–water partition coefficient (Wildman–Crippen LogP) is 8.32. The van der Waals surface area contributed by atoms with Crippen molar-refractivity contribution >= 4 is 23.5 Å². The highest BCUT2D eigenvalue weighted by Crippen LogP contribution is 2.51. The molecule has 2 heterocycles. The second-order valence-corrected chi connectivity index (χ2v) is 12.0. The zero-order valence-corrected chi connectivity index (χ0v) is 20.2. The number of hydrogen-bond donors (Lipinski definition) is 0. The van der Waals surface area contributed by atoms with Gasteiger partial charge in [-0.15, -0.1) is 23.5 Å². The van der Waals surface area contributed by atoms with E-state index in [1.54, 1.807) is 0 Å². The molecule has 0 spiro atoms. The van der Waals surface area contributed by atoms with Crippen LogP contribution in [0.2, 0.25) is 0 Å². The molecule has 2 atom stereocenters. The van der Waals surface area contributed by atoms with Gasteiger partial charge in [0, 0.05) is 24.2 Å². The van der Waals surface area contributed by atoms with E-state index in [1.807, 2.05) is 12.5 Å².